The van der Waals surface area contributed by atoms with Crippen molar-refractivity contribution in [3.05, 3.63) is 29.8 Å². The number of benzene rings is 1. The van der Waals surface area contributed by atoms with E-state index in [0.717, 1.165) is 11.3 Å². The molecule has 1 aromatic carbocycles. The summed E-state index contributed by atoms with van der Waals surface area (Å²) < 4.78 is 5.07. The van der Waals surface area contributed by atoms with Crippen LogP contribution in [0.25, 0.3) is 0 Å². The highest BCUT2D eigenvalue weighted by Gasteiger charge is 2.58. The minimum Gasteiger partial charge on any atom is -0.497 e. The van der Waals surface area contributed by atoms with Crippen LogP contribution in [0.3, 0.4) is 0 Å². The van der Waals surface area contributed by atoms with Crippen molar-refractivity contribution in [2.75, 3.05) is 7.11 Å². The van der Waals surface area contributed by atoms with Gasteiger partial charge in [-0.15, -0.1) is 0 Å². The molecule has 0 spiro atoms. The fourth-order valence-corrected chi connectivity index (χ4v) is 1.79. The normalized spacial score (nSPS) is 28.5. The summed E-state index contributed by atoms with van der Waals surface area (Å²) in [5.74, 6) is -0.299. The van der Waals surface area contributed by atoms with E-state index in [9.17, 15) is 4.79 Å². The van der Waals surface area contributed by atoms with E-state index in [0.29, 0.717) is 6.42 Å². The molecule has 0 unspecified atom stereocenters. The monoisotopic (exact) mass is 207 g/mol. The second kappa shape index (κ2) is 3.24. The first kappa shape index (κ1) is 9.98. The van der Waals surface area contributed by atoms with Crippen molar-refractivity contribution in [3.8, 4) is 5.75 Å². The van der Waals surface area contributed by atoms with Crippen LogP contribution in [-0.2, 0) is 4.79 Å². The third-order valence-electron chi connectivity index (χ3n) is 2.90. The van der Waals surface area contributed by atoms with Gasteiger partial charge in [0.05, 0.1) is 7.11 Å². The number of ether oxygens (including phenoxy) is 1. The lowest BCUT2D eigenvalue weighted by atomic mass is 10.1. The molecule has 0 heterocycles. The second-order valence-corrected chi connectivity index (χ2v) is 3.88. The molecule has 4 nitrogen and oxygen atoms in total. The van der Waals surface area contributed by atoms with Crippen molar-refractivity contribution in [1.82, 2.24) is 0 Å². The minimum absolute atomic E-state index is 0.0925. The smallest absolute Gasteiger partial charge is 0.324 e. The number of carbonyl (C=O) groups is 1. The molecular formula is C11H13NO3. The van der Waals surface area contributed by atoms with Gasteiger partial charge in [-0.2, -0.15) is 0 Å². The van der Waals surface area contributed by atoms with Crippen molar-refractivity contribution in [2.45, 2.75) is 17.9 Å². The Labute approximate surface area is 87.7 Å². The second-order valence-electron chi connectivity index (χ2n) is 3.88. The molecule has 3 N–H and O–H groups in total. The molecule has 1 aromatic rings. The van der Waals surface area contributed by atoms with Crippen molar-refractivity contribution >= 4 is 5.97 Å². The number of methoxy groups -OCH3 is 1. The van der Waals surface area contributed by atoms with E-state index in [1.54, 1.807) is 7.11 Å². The van der Waals surface area contributed by atoms with E-state index in [2.05, 4.69) is 0 Å². The zero-order chi connectivity index (χ0) is 11.1. The SMILES string of the molecule is COc1cccc([C@H]2C[C@@]2(N)C(=O)O)c1. The summed E-state index contributed by atoms with van der Waals surface area (Å²) in [6.45, 7) is 0. The molecular weight excluding hydrogens is 194 g/mol. The Morgan fingerprint density at radius 1 is 1.67 bits per heavy atom. The Morgan fingerprint density at radius 2 is 2.40 bits per heavy atom. The lowest BCUT2D eigenvalue weighted by Crippen LogP contribution is -2.34. The van der Waals surface area contributed by atoms with E-state index in [-0.39, 0.29) is 5.92 Å². The van der Waals surface area contributed by atoms with Gasteiger partial charge in [-0.05, 0) is 24.1 Å². The van der Waals surface area contributed by atoms with Crippen molar-refractivity contribution in [1.29, 1.82) is 0 Å². The number of nitrogens with two attached hydrogens (primary N) is 1. The summed E-state index contributed by atoms with van der Waals surface area (Å²) in [6, 6.07) is 7.38. The fourth-order valence-electron chi connectivity index (χ4n) is 1.79. The maximum atomic E-state index is 10.9. The van der Waals surface area contributed by atoms with Crippen LogP contribution in [0.4, 0.5) is 0 Å². The maximum absolute atomic E-state index is 10.9. The minimum atomic E-state index is -1.08. The molecule has 1 aliphatic carbocycles. The third-order valence-corrected chi connectivity index (χ3v) is 2.90. The van der Waals surface area contributed by atoms with E-state index >= 15 is 0 Å². The van der Waals surface area contributed by atoms with Gasteiger partial charge in [0.1, 0.15) is 11.3 Å². The van der Waals surface area contributed by atoms with Gasteiger partial charge in [0, 0.05) is 5.92 Å². The summed E-state index contributed by atoms with van der Waals surface area (Å²) in [6.07, 6.45) is 0.496. The average molecular weight is 207 g/mol. The standard InChI is InChI=1S/C11H13NO3/c1-15-8-4-2-3-7(5-8)9-6-11(9,12)10(13)14/h2-5,9H,6,12H2,1H3,(H,13,14)/t9-,11+/m1/s1. The van der Waals surface area contributed by atoms with Crippen LogP contribution >= 0.6 is 0 Å². The first-order valence-electron chi connectivity index (χ1n) is 4.74. The molecule has 0 saturated heterocycles. The van der Waals surface area contributed by atoms with Crippen molar-refractivity contribution < 1.29 is 14.6 Å². The van der Waals surface area contributed by atoms with Gasteiger partial charge in [0.25, 0.3) is 0 Å². The van der Waals surface area contributed by atoms with Crippen LogP contribution in [0.5, 0.6) is 5.75 Å². The molecule has 2 atom stereocenters. The zero-order valence-electron chi connectivity index (χ0n) is 8.43. The number of rotatable bonds is 3. The predicted octanol–water partition coefficient (Wildman–Crippen LogP) is 0.965. The highest BCUT2D eigenvalue weighted by atomic mass is 16.5. The van der Waals surface area contributed by atoms with E-state index in [1.807, 2.05) is 24.3 Å². The van der Waals surface area contributed by atoms with Gasteiger partial charge in [-0.25, -0.2) is 0 Å². The lowest BCUT2D eigenvalue weighted by molar-refractivity contribution is -0.139. The number of carboxylic acids is 1. The molecule has 1 fully saturated rings. The molecule has 4 heteroatoms. The third kappa shape index (κ3) is 1.57. The predicted molar refractivity (Wildman–Crippen MR) is 54.9 cm³/mol. The Bertz CT molecular complexity index is 405. The Kier molecular flexibility index (Phi) is 2.16. The molecule has 0 bridgehead atoms. The van der Waals surface area contributed by atoms with E-state index < -0.39 is 11.5 Å². The van der Waals surface area contributed by atoms with Crippen LogP contribution in [0, 0.1) is 0 Å². The topological polar surface area (TPSA) is 72.5 Å². The van der Waals surface area contributed by atoms with Gasteiger partial charge in [0.15, 0.2) is 0 Å². The summed E-state index contributed by atoms with van der Waals surface area (Å²) in [7, 11) is 1.58. The van der Waals surface area contributed by atoms with Gasteiger partial charge < -0.3 is 15.6 Å². The van der Waals surface area contributed by atoms with Crippen LogP contribution < -0.4 is 10.5 Å². The summed E-state index contributed by atoms with van der Waals surface area (Å²) >= 11 is 0. The molecule has 80 valence electrons. The molecule has 2 rings (SSSR count). The van der Waals surface area contributed by atoms with Gasteiger partial charge in [-0.3, -0.25) is 4.79 Å². The van der Waals surface area contributed by atoms with Crippen LogP contribution in [-0.4, -0.2) is 23.7 Å². The summed E-state index contributed by atoms with van der Waals surface area (Å²) in [5.41, 5.74) is 5.57. The molecule has 0 radical (unpaired) electrons. The van der Waals surface area contributed by atoms with Gasteiger partial charge in [0.2, 0.25) is 0 Å². The van der Waals surface area contributed by atoms with Crippen molar-refractivity contribution in [2.24, 2.45) is 5.73 Å². The fraction of sp³-hybridized carbons (Fsp3) is 0.364. The molecule has 1 saturated carbocycles. The van der Waals surface area contributed by atoms with Gasteiger partial charge in [-0.1, -0.05) is 12.1 Å². The Morgan fingerprint density at radius 3 is 2.93 bits per heavy atom. The zero-order valence-corrected chi connectivity index (χ0v) is 8.43. The highest BCUT2D eigenvalue weighted by molar-refractivity contribution is 5.84. The number of aliphatic carboxylic acids is 1. The summed E-state index contributed by atoms with van der Waals surface area (Å²) in [5, 5.41) is 8.91. The van der Waals surface area contributed by atoms with Crippen LogP contribution in [0.15, 0.2) is 24.3 Å². The maximum Gasteiger partial charge on any atom is 0.324 e. The Balaban J connectivity index is 2.23. The van der Waals surface area contributed by atoms with E-state index in [1.165, 1.54) is 0 Å². The Hall–Kier alpha value is -1.55. The first-order chi connectivity index (χ1) is 7.08. The van der Waals surface area contributed by atoms with E-state index in [4.69, 9.17) is 15.6 Å². The van der Waals surface area contributed by atoms with Gasteiger partial charge >= 0.3 is 5.97 Å². The molecule has 0 aliphatic heterocycles. The number of hydrogen-bond acceptors (Lipinski definition) is 3. The first-order valence-corrected chi connectivity index (χ1v) is 4.74. The molecule has 0 aromatic heterocycles. The summed E-state index contributed by atoms with van der Waals surface area (Å²) in [4.78, 5) is 10.9. The highest BCUT2D eigenvalue weighted by Crippen LogP contribution is 2.50. The quantitative estimate of drug-likeness (QED) is 0.774. The number of hydrogen-bond donors (Lipinski definition) is 2. The molecule has 0 amide bonds. The van der Waals surface area contributed by atoms with Crippen molar-refractivity contribution in [3.63, 3.8) is 0 Å². The average Bonchev–Trinajstić information content (AvgIpc) is 2.93. The largest absolute Gasteiger partial charge is 0.497 e. The van der Waals surface area contributed by atoms with Crippen LogP contribution in [0.1, 0.15) is 17.9 Å². The lowest BCUT2D eigenvalue weighted by Gasteiger charge is -2.06. The molecule has 1 aliphatic rings. The van der Waals surface area contributed by atoms with Crippen LogP contribution in [0.2, 0.25) is 0 Å². The molecule has 15 heavy (non-hydrogen) atoms. The number of carboxylic acid groups (broad SMARTS) is 1.